The van der Waals surface area contributed by atoms with Crippen molar-refractivity contribution in [2.45, 2.75) is 56.8 Å². The topological polar surface area (TPSA) is 89.5 Å². The Morgan fingerprint density at radius 2 is 1.55 bits per heavy atom. The number of hydrogen-bond acceptors (Lipinski definition) is 8. The fourth-order valence-electron chi connectivity index (χ4n) is 4.05. The van der Waals surface area contributed by atoms with Crippen LogP contribution in [0.25, 0.3) is 0 Å². The Bertz CT molecular complexity index is 945. The quantitative estimate of drug-likeness (QED) is 0.559. The van der Waals surface area contributed by atoms with Crippen molar-refractivity contribution in [1.29, 1.82) is 0 Å². The number of hydrogen-bond donors (Lipinski definition) is 0. The van der Waals surface area contributed by atoms with E-state index in [0.29, 0.717) is 11.1 Å². The Morgan fingerprint density at radius 1 is 0.939 bits per heavy atom. The molecule has 2 aliphatic rings. The first-order valence-corrected chi connectivity index (χ1v) is 10.9. The summed E-state index contributed by atoms with van der Waals surface area (Å²) in [6.45, 7) is 3.49. The molecule has 2 aromatic rings. The van der Waals surface area contributed by atoms with Crippen LogP contribution in [0.5, 0.6) is 0 Å². The van der Waals surface area contributed by atoms with Gasteiger partial charge in [0.05, 0.1) is 17.2 Å². The largest absolute Gasteiger partial charge is 0.458 e. The maximum atomic E-state index is 12.7. The molecule has 0 amide bonds. The molecule has 2 aromatic carbocycles. The van der Waals surface area contributed by atoms with E-state index in [1.54, 1.807) is 55.6 Å². The number of ether oxygens (including phenoxy) is 6. The minimum Gasteiger partial charge on any atom is -0.458 e. The Balaban J connectivity index is 1.45. The first-order chi connectivity index (χ1) is 15.9. The van der Waals surface area contributed by atoms with E-state index >= 15 is 0 Å². The lowest BCUT2D eigenvalue weighted by atomic mass is 10.0. The predicted molar refractivity (Wildman–Crippen MR) is 116 cm³/mol. The summed E-state index contributed by atoms with van der Waals surface area (Å²) in [5, 5.41) is 0. The molecule has 33 heavy (non-hydrogen) atoms. The summed E-state index contributed by atoms with van der Waals surface area (Å²) in [4.78, 5) is 25.1. The van der Waals surface area contributed by atoms with Crippen LogP contribution in [0, 0.1) is 0 Å². The monoisotopic (exact) mass is 456 g/mol. The molecule has 0 bridgehead atoms. The van der Waals surface area contributed by atoms with Crippen LogP contribution in [0.4, 0.5) is 0 Å². The summed E-state index contributed by atoms with van der Waals surface area (Å²) in [6, 6.07) is 17.3. The molecule has 4 rings (SSSR count). The lowest BCUT2D eigenvalue weighted by molar-refractivity contribution is -0.219. The van der Waals surface area contributed by atoms with Crippen molar-refractivity contribution in [3.05, 3.63) is 71.8 Å². The molecule has 2 heterocycles. The summed E-state index contributed by atoms with van der Waals surface area (Å²) >= 11 is 0. The van der Waals surface area contributed by atoms with Crippen LogP contribution >= 0.6 is 0 Å². The highest BCUT2D eigenvalue weighted by Crippen LogP contribution is 2.39. The molecule has 176 valence electrons. The molecule has 0 N–H and O–H groups in total. The van der Waals surface area contributed by atoms with Crippen molar-refractivity contribution in [3.8, 4) is 0 Å². The van der Waals surface area contributed by atoms with Crippen molar-refractivity contribution < 1.29 is 38.0 Å². The predicted octanol–water partition coefficient (Wildman–Crippen LogP) is 3.35. The Morgan fingerprint density at radius 3 is 2.15 bits per heavy atom. The van der Waals surface area contributed by atoms with E-state index in [1.165, 1.54) is 0 Å². The van der Waals surface area contributed by atoms with Gasteiger partial charge in [0.1, 0.15) is 24.9 Å². The molecule has 0 saturated carbocycles. The first-order valence-electron chi connectivity index (χ1n) is 10.9. The average molecular weight is 456 g/mol. The first kappa shape index (κ1) is 23.4. The number of methoxy groups -OCH3 is 1. The average Bonchev–Trinajstić information content (AvgIpc) is 3.28. The van der Waals surface area contributed by atoms with Gasteiger partial charge in [-0.05, 0) is 38.1 Å². The minimum atomic E-state index is -0.776. The molecular weight excluding hydrogens is 428 g/mol. The zero-order valence-electron chi connectivity index (χ0n) is 18.8. The third kappa shape index (κ3) is 5.59. The number of carbonyl (C=O) groups is 2. The van der Waals surface area contributed by atoms with Gasteiger partial charge in [-0.15, -0.1) is 0 Å². The van der Waals surface area contributed by atoms with Gasteiger partial charge in [-0.1, -0.05) is 36.4 Å². The smallest absolute Gasteiger partial charge is 0.338 e. The molecule has 2 saturated heterocycles. The molecule has 0 aromatic heterocycles. The van der Waals surface area contributed by atoms with Gasteiger partial charge < -0.3 is 28.4 Å². The Hall–Kier alpha value is -2.78. The van der Waals surface area contributed by atoms with Crippen LogP contribution in [0.15, 0.2) is 60.7 Å². The van der Waals surface area contributed by atoms with Crippen LogP contribution in [0.1, 0.15) is 41.0 Å². The van der Waals surface area contributed by atoms with Gasteiger partial charge in [0.25, 0.3) is 0 Å². The van der Waals surface area contributed by atoms with E-state index in [4.69, 9.17) is 28.4 Å². The molecule has 5 atom stereocenters. The fourth-order valence-corrected chi connectivity index (χ4v) is 4.05. The van der Waals surface area contributed by atoms with E-state index in [0.717, 1.165) is 0 Å². The lowest BCUT2D eigenvalue weighted by Crippen LogP contribution is -2.39. The maximum Gasteiger partial charge on any atom is 0.338 e. The van der Waals surface area contributed by atoms with Crippen LogP contribution in [0.2, 0.25) is 0 Å². The second-order valence-electron chi connectivity index (χ2n) is 8.44. The summed E-state index contributed by atoms with van der Waals surface area (Å²) in [7, 11) is 1.57. The third-order valence-electron chi connectivity index (χ3n) is 5.55. The number of esters is 2. The maximum absolute atomic E-state index is 12.7. The highest BCUT2D eigenvalue weighted by Gasteiger charge is 2.55. The van der Waals surface area contributed by atoms with Gasteiger partial charge in [-0.2, -0.15) is 0 Å². The van der Waals surface area contributed by atoms with E-state index in [1.807, 2.05) is 26.0 Å². The van der Waals surface area contributed by atoms with Crippen LogP contribution in [-0.4, -0.2) is 62.1 Å². The van der Waals surface area contributed by atoms with Crippen molar-refractivity contribution in [3.63, 3.8) is 0 Å². The van der Waals surface area contributed by atoms with Crippen molar-refractivity contribution in [2.75, 3.05) is 13.7 Å². The highest BCUT2D eigenvalue weighted by atomic mass is 16.8. The second-order valence-corrected chi connectivity index (χ2v) is 8.44. The van der Waals surface area contributed by atoms with Gasteiger partial charge in [0.15, 0.2) is 12.1 Å². The molecule has 0 spiro atoms. The standard InChI is InChI=1S/C25H28O8/c1-25(2)32-21-20(28-3)19(31-24(21)33-25)14-18(30-23(27)17-12-8-5-9-13-17)15-29-22(26)16-10-6-4-7-11-16/h4-13,18-21,24H,14-15H2,1-3H3/t18-,19+,20-,21+,24+/m0/s1. The van der Waals surface area contributed by atoms with E-state index in [9.17, 15) is 9.59 Å². The van der Waals surface area contributed by atoms with Crippen LogP contribution < -0.4 is 0 Å². The van der Waals surface area contributed by atoms with Gasteiger partial charge in [-0.25, -0.2) is 9.59 Å². The van der Waals surface area contributed by atoms with Crippen LogP contribution in [-0.2, 0) is 28.4 Å². The minimum absolute atomic E-state index is 0.134. The van der Waals surface area contributed by atoms with Gasteiger partial charge in [0, 0.05) is 13.5 Å². The molecule has 0 radical (unpaired) electrons. The molecule has 0 unspecified atom stereocenters. The molecule has 0 aliphatic carbocycles. The van der Waals surface area contributed by atoms with Crippen molar-refractivity contribution >= 4 is 11.9 Å². The highest BCUT2D eigenvalue weighted by molar-refractivity contribution is 5.90. The molecule has 8 nitrogen and oxygen atoms in total. The SMILES string of the molecule is CO[C@@H]1[C@H]2OC(C)(C)O[C@H]2O[C@@H]1C[C@@H](COC(=O)c1ccccc1)OC(=O)c1ccccc1. The van der Waals surface area contributed by atoms with E-state index in [-0.39, 0.29) is 13.0 Å². The number of fused-ring (bicyclic) bond motifs is 1. The van der Waals surface area contributed by atoms with E-state index in [2.05, 4.69) is 0 Å². The van der Waals surface area contributed by atoms with Crippen molar-refractivity contribution in [1.82, 2.24) is 0 Å². The van der Waals surface area contributed by atoms with E-state index < -0.39 is 48.4 Å². The summed E-state index contributed by atoms with van der Waals surface area (Å²) in [5.74, 6) is -1.80. The molecule has 8 heteroatoms. The molecule has 2 fully saturated rings. The molecule has 2 aliphatic heterocycles. The third-order valence-corrected chi connectivity index (χ3v) is 5.55. The summed E-state index contributed by atoms with van der Waals surface area (Å²) < 4.78 is 34.6. The lowest BCUT2D eigenvalue weighted by Gasteiger charge is -2.27. The fraction of sp³-hybridized carbons (Fsp3) is 0.440. The second kappa shape index (κ2) is 10.0. The van der Waals surface area contributed by atoms with Crippen LogP contribution in [0.3, 0.4) is 0 Å². The van der Waals surface area contributed by atoms with Gasteiger partial charge >= 0.3 is 11.9 Å². The zero-order valence-corrected chi connectivity index (χ0v) is 18.8. The van der Waals surface area contributed by atoms with Gasteiger partial charge in [0.2, 0.25) is 0 Å². The number of benzene rings is 2. The summed E-state index contributed by atoms with van der Waals surface area (Å²) in [5.41, 5.74) is 0.814. The zero-order chi connectivity index (χ0) is 23.4. The normalized spacial score (nSPS) is 26.4. The van der Waals surface area contributed by atoms with Gasteiger partial charge in [-0.3, -0.25) is 0 Å². The Kier molecular flexibility index (Phi) is 7.09. The number of rotatable bonds is 8. The molecular formula is C25H28O8. The number of carbonyl (C=O) groups excluding carboxylic acids is 2. The van der Waals surface area contributed by atoms with Crippen molar-refractivity contribution in [2.24, 2.45) is 0 Å². The summed E-state index contributed by atoms with van der Waals surface area (Å²) in [6.07, 6.45) is -2.44. The Labute approximate surface area is 192 Å².